The lowest BCUT2D eigenvalue weighted by Gasteiger charge is -2.17. The quantitative estimate of drug-likeness (QED) is 0.453. The van der Waals surface area contributed by atoms with Crippen molar-refractivity contribution in [3.05, 3.63) is 42.1 Å². The van der Waals surface area contributed by atoms with Crippen molar-refractivity contribution in [2.75, 3.05) is 5.75 Å². The molecule has 0 bridgehead atoms. The van der Waals surface area contributed by atoms with Gasteiger partial charge < -0.3 is 0 Å². The Labute approximate surface area is 135 Å². The van der Waals surface area contributed by atoms with Gasteiger partial charge in [0.1, 0.15) is 0 Å². The molecule has 0 radical (unpaired) electrons. The summed E-state index contributed by atoms with van der Waals surface area (Å²) in [5.74, 6) is -0.0490. The van der Waals surface area contributed by atoms with Crippen LogP contribution in [0.2, 0.25) is 0 Å². The van der Waals surface area contributed by atoms with Crippen molar-refractivity contribution in [3.63, 3.8) is 0 Å². The zero-order chi connectivity index (χ0) is 16.9. The van der Waals surface area contributed by atoms with Crippen LogP contribution in [0.5, 0.6) is 0 Å². The van der Waals surface area contributed by atoms with E-state index in [-0.39, 0.29) is 11.5 Å². The number of nitrogens with zero attached hydrogens (tertiary/aromatic N) is 2. The zero-order valence-electron chi connectivity index (χ0n) is 12.9. The number of para-hydroxylation sites is 1. The SMILES string of the molecule is CC(CCCS(=O)(=O)Cc1cnc2ccccc2c1)N(O)C=O. The molecule has 0 saturated carbocycles. The van der Waals surface area contributed by atoms with Gasteiger partial charge in [-0.05, 0) is 37.5 Å². The lowest BCUT2D eigenvalue weighted by molar-refractivity contribution is -0.159. The smallest absolute Gasteiger partial charge is 0.233 e. The van der Waals surface area contributed by atoms with Crippen molar-refractivity contribution in [2.24, 2.45) is 0 Å². The van der Waals surface area contributed by atoms with E-state index in [2.05, 4.69) is 4.98 Å². The van der Waals surface area contributed by atoms with Crippen LogP contribution in [0.25, 0.3) is 10.9 Å². The molecule has 0 fully saturated rings. The molecule has 1 atom stereocenters. The number of hydrogen-bond acceptors (Lipinski definition) is 5. The molecule has 1 unspecified atom stereocenters. The minimum Gasteiger partial charge on any atom is -0.286 e. The largest absolute Gasteiger partial charge is 0.286 e. The number of benzene rings is 1. The Hall–Kier alpha value is -1.99. The second-order valence-electron chi connectivity index (χ2n) is 5.60. The number of fused-ring (bicyclic) bond motifs is 1. The molecule has 124 valence electrons. The van der Waals surface area contributed by atoms with Gasteiger partial charge in [0.25, 0.3) is 0 Å². The minimum absolute atomic E-state index is 0.0108. The highest BCUT2D eigenvalue weighted by molar-refractivity contribution is 7.90. The average Bonchev–Trinajstić information content (AvgIpc) is 2.53. The third-order valence-corrected chi connectivity index (χ3v) is 5.35. The summed E-state index contributed by atoms with van der Waals surface area (Å²) < 4.78 is 24.4. The molecule has 2 rings (SSSR count). The van der Waals surface area contributed by atoms with E-state index in [9.17, 15) is 18.4 Å². The lowest BCUT2D eigenvalue weighted by Crippen LogP contribution is -2.28. The number of aromatic nitrogens is 1. The van der Waals surface area contributed by atoms with E-state index in [1.165, 1.54) is 0 Å². The summed E-state index contributed by atoms with van der Waals surface area (Å²) in [4.78, 5) is 14.7. The number of carbonyl (C=O) groups excluding carboxylic acids is 1. The highest BCUT2D eigenvalue weighted by atomic mass is 32.2. The maximum Gasteiger partial charge on any atom is 0.233 e. The summed E-state index contributed by atoms with van der Waals surface area (Å²) in [6, 6.07) is 8.99. The van der Waals surface area contributed by atoms with Gasteiger partial charge in [-0.3, -0.25) is 15.0 Å². The molecule has 1 N–H and O–H groups in total. The summed E-state index contributed by atoms with van der Waals surface area (Å²) in [5, 5.41) is 10.7. The molecule has 1 heterocycles. The third kappa shape index (κ3) is 5.01. The number of hydroxylamine groups is 2. The fourth-order valence-corrected chi connectivity index (χ4v) is 3.77. The average molecular weight is 336 g/mol. The van der Waals surface area contributed by atoms with Crippen molar-refractivity contribution in [3.8, 4) is 0 Å². The van der Waals surface area contributed by atoms with Crippen molar-refractivity contribution in [1.29, 1.82) is 0 Å². The maximum absolute atomic E-state index is 12.2. The Kier molecular flexibility index (Phi) is 5.68. The van der Waals surface area contributed by atoms with Crippen LogP contribution in [-0.4, -0.2) is 41.9 Å². The van der Waals surface area contributed by atoms with Crippen molar-refractivity contribution >= 4 is 27.2 Å². The molecular weight excluding hydrogens is 316 g/mol. The Morgan fingerprint density at radius 1 is 1.35 bits per heavy atom. The molecule has 1 aromatic heterocycles. The van der Waals surface area contributed by atoms with Crippen LogP contribution in [0.1, 0.15) is 25.3 Å². The first kappa shape index (κ1) is 17.4. The molecule has 23 heavy (non-hydrogen) atoms. The van der Waals surface area contributed by atoms with E-state index in [1.54, 1.807) is 13.1 Å². The molecule has 1 amide bonds. The number of hydrogen-bond donors (Lipinski definition) is 1. The molecule has 0 aliphatic rings. The van der Waals surface area contributed by atoms with Gasteiger partial charge in [0.05, 0.1) is 23.1 Å². The predicted octanol–water partition coefficient (Wildman–Crippen LogP) is 2.17. The highest BCUT2D eigenvalue weighted by Gasteiger charge is 2.15. The van der Waals surface area contributed by atoms with Gasteiger partial charge in [0, 0.05) is 11.6 Å². The summed E-state index contributed by atoms with van der Waals surface area (Å²) in [6.07, 6.45) is 2.71. The molecule has 6 nitrogen and oxygen atoms in total. The first-order valence-electron chi connectivity index (χ1n) is 7.38. The monoisotopic (exact) mass is 336 g/mol. The van der Waals surface area contributed by atoms with E-state index in [0.29, 0.717) is 29.9 Å². The van der Waals surface area contributed by atoms with Crippen LogP contribution < -0.4 is 0 Å². The topological polar surface area (TPSA) is 87.6 Å². The zero-order valence-corrected chi connectivity index (χ0v) is 13.7. The Morgan fingerprint density at radius 3 is 2.83 bits per heavy atom. The van der Waals surface area contributed by atoms with Crippen LogP contribution in [0, 0.1) is 0 Å². The van der Waals surface area contributed by atoms with Crippen LogP contribution >= 0.6 is 0 Å². The number of sulfone groups is 1. The molecule has 2 aromatic rings. The number of pyridine rings is 1. The van der Waals surface area contributed by atoms with Crippen molar-refractivity contribution in [1.82, 2.24) is 10.0 Å². The van der Waals surface area contributed by atoms with E-state index >= 15 is 0 Å². The van der Waals surface area contributed by atoms with Gasteiger partial charge in [-0.15, -0.1) is 0 Å². The van der Waals surface area contributed by atoms with Gasteiger partial charge in [0.15, 0.2) is 9.84 Å². The maximum atomic E-state index is 12.2. The summed E-state index contributed by atoms with van der Waals surface area (Å²) in [7, 11) is -3.26. The van der Waals surface area contributed by atoms with Gasteiger partial charge in [-0.2, -0.15) is 0 Å². The van der Waals surface area contributed by atoms with Gasteiger partial charge in [-0.1, -0.05) is 18.2 Å². The third-order valence-electron chi connectivity index (χ3n) is 3.67. The molecule has 1 aromatic carbocycles. The second kappa shape index (κ2) is 7.52. The van der Waals surface area contributed by atoms with Crippen LogP contribution in [-0.2, 0) is 20.4 Å². The predicted molar refractivity (Wildman–Crippen MR) is 87.6 cm³/mol. The molecule has 0 aliphatic heterocycles. The number of amides is 1. The van der Waals surface area contributed by atoms with E-state index in [1.807, 2.05) is 30.3 Å². The molecule has 7 heteroatoms. The molecule has 0 aliphatic carbocycles. The van der Waals surface area contributed by atoms with Crippen LogP contribution in [0.15, 0.2) is 36.5 Å². The van der Waals surface area contributed by atoms with Gasteiger partial charge in [-0.25, -0.2) is 13.5 Å². The van der Waals surface area contributed by atoms with Crippen LogP contribution in [0.3, 0.4) is 0 Å². The second-order valence-corrected chi connectivity index (χ2v) is 7.79. The number of carbonyl (C=O) groups is 1. The van der Waals surface area contributed by atoms with Crippen molar-refractivity contribution < 1.29 is 18.4 Å². The van der Waals surface area contributed by atoms with Gasteiger partial charge >= 0.3 is 0 Å². The Bertz CT molecular complexity index is 776. The standard InChI is InChI=1S/C16H20N2O4S/c1-13(18(20)12-19)5-4-8-23(21,22)11-14-9-15-6-2-3-7-16(15)17-10-14/h2-3,6-7,9-10,12-13,20H,4-5,8,11H2,1H3. The minimum atomic E-state index is -3.26. The van der Waals surface area contributed by atoms with E-state index in [4.69, 9.17) is 0 Å². The summed E-state index contributed by atoms with van der Waals surface area (Å²) in [6.45, 7) is 1.66. The number of rotatable bonds is 8. The molecule has 0 saturated heterocycles. The summed E-state index contributed by atoms with van der Waals surface area (Å²) >= 11 is 0. The normalized spacial score (nSPS) is 13.0. The fourth-order valence-electron chi connectivity index (χ4n) is 2.36. The lowest BCUT2D eigenvalue weighted by atomic mass is 10.2. The van der Waals surface area contributed by atoms with Gasteiger partial charge in [0.2, 0.25) is 6.41 Å². The van der Waals surface area contributed by atoms with Crippen molar-refractivity contribution in [2.45, 2.75) is 31.6 Å². The fraction of sp³-hybridized carbons (Fsp3) is 0.375. The van der Waals surface area contributed by atoms with E-state index < -0.39 is 15.9 Å². The first-order chi connectivity index (χ1) is 10.9. The Balaban J connectivity index is 1.95. The molecule has 0 spiro atoms. The van der Waals surface area contributed by atoms with Crippen LogP contribution in [0.4, 0.5) is 0 Å². The molecular formula is C16H20N2O4S. The Morgan fingerprint density at radius 2 is 2.09 bits per heavy atom. The first-order valence-corrected chi connectivity index (χ1v) is 9.20. The highest BCUT2D eigenvalue weighted by Crippen LogP contribution is 2.15. The summed E-state index contributed by atoms with van der Waals surface area (Å²) in [5.41, 5.74) is 1.49. The van der Waals surface area contributed by atoms with E-state index in [0.717, 1.165) is 10.9 Å².